The molecule has 0 aliphatic heterocycles. The van der Waals surface area contributed by atoms with E-state index in [1.54, 1.807) is 14.0 Å². The molecule has 1 N–H and O–H groups in total. The van der Waals surface area contributed by atoms with Crippen LogP contribution in [0.2, 0.25) is 5.15 Å². The molecule has 0 saturated heterocycles. The van der Waals surface area contributed by atoms with Crippen molar-refractivity contribution in [1.82, 2.24) is 15.1 Å². The molecule has 0 radical (unpaired) electrons. The van der Waals surface area contributed by atoms with Crippen LogP contribution in [-0.4, -0.2) is 33.8 Å². The Labute approximate surface area is 117 Å². The second-order valence-corrected chi connectivity index (χ2v) is 4.94. The summed E-state index contributed by atoms with van der Waals surface area (Å²) in [5.74, 6) is -0.997. The molecular weight excluding hydrogens is 270 g/mol. The third-order valence-corrected chi connectivity index (χ3v) is 2.87. The molecule has 1 rings (SSSR count). The fraction of sp³-hybridized carbons (Fsp3) is 0.583. The molecular formula is C12H18ClN3O3. The summed E-state index contributed by atoms with van der Waals surface area (Å²) in [7, 11) is 1.63. The molecule has 1 heterocycles. The summed E-state index contributed by atoms with van der Waals surface area (Å²) in [4.78, 5) is 23.6. The lowest BCUT2D eigenvalue weighted by atomic mass is 10.2. The van der Waals surface area contributed by atoms with E-state index in [2.05, 4.69) is 10.4 Å². The maximum Gasteiger partial charge on any atom is 0.343 e. The number of hydrogen-bond donors (Lipinski definition) is 1. The SMILES string of the molecule is Cc1nn(C)c(Cl)c1C(=O)OC(C)C(=O)NC(C)C. The van der Waals surface area contributed by atoms with E-state index in [4.69, 9.17) is 16.3 Å². The van der Waals surface area contributed by atoms with Crippen molar-refractivity contribution in [2.45, 2.75) is 39.8 Å². The van der Waals surface area contributed by atoms with Crippen LogP contribution in [0.5, 0.6) is 0 Å². The van der Waals surface area contributed by atoms with Crippen LogP contribution in [0, 0.1) is 6.92 Å². The fourth-order valence-corrected chi connectivity index (χ4v) is 1.79. The van der Waals surface area contributed by atoms with Gasteiger partial charge in [0, 0.05) is 13.1 Å². The van der Waals surface area contributed by atoms with Crippen molar-refractivity contribution < 1.29 is 14.3 Å². The van der Waals surface area contributed by atoms with Crippen molar-refractivity contribution in [1.29, 1.82) is 0 Å². The Kier molecular flexibility index (Phi) is 4.94. The first-order valence-electron chi connectivity index (χ1n) is 5.94. The molecule has 1 atom stereocenters. The number of amides is 1. The molecule has 0 aromatic carbocycles. The highest BCUT2D eigenvalue weighted by atomic mass is 35.5. The standard InChI is InChI=1S/C12H18ClN3O3/c1-6(2)14-11(17)8(4)19-12(18)9-7(3)15-16(5)10(9)13/h6,8H,1-5H3,(H,14,17). The molecule has 0 saturated carbocycles. The number of hydrogen-bond acceptors (Lipinski definition) is 4. The highest BCUT2D eigenvalue weighted by Gasteiger charge is 2.25. The van der Waals surface area contributed by atoms with Gasteiger partial charge in [-0.1, -0.05) is 11.6 Å². The number of carbonyl (C=O) groups is 2. The molecule has 1 amide bonds. The first kappa shape index (κ1) is 15.5. The van der Waals surface area contributed by atoms with Crippen LogP contribution in [-0.2, 0) is 16.6 Å². The summed E-state index contributed by atoms with van der Waals surface area (Å²) in [6.07, 6.45) is -0.884. The number of rotatable bonds is 4. The minimum atomic E-state index is -0.884. The normalized spacial score (nSPS) is 12.4. The lowest BCUT2D eigenvalue weighted by Gasteiger charge is -2.15. The summed E-state index contributed by atoms with van der Waals surface area (Å²) in [6, 6.07) is -0.0163. The van der Waals surface area contributed by atoms with Gasteiger partial charge in [-0.2, -0.15) is 5.10 Å². The third-order valence-electron chi connectivity index (χ3n) is 2.44. The van der Waals surface area contributed by atoms with Crippen LogP contribution < -0.4 is 5.32 Å². The van der Waals surface area contributed by atoms with Gasteiger partial charge in [0.25, 0.3) is 5.91 Å². The van der Waals surface area contributed by atoms with Gasteiger partial charge in [-0.25, -0.2) is 4.79 Å². The van der Waals surface area contributed by atoms with E-state index >= 15 is 0 Å². The van der Waals surface area contributed by atoms with Gasteiger partial charge >= 0.3 is 5.97 Å². The Balaban J connectivity index is 2.77. The summed E-state index contributed by atoms with van der Waals surface area (Å²) in [5.41, 5.74) is 0.655. The Morgan fingerprint density at radius 2 is 1.95 bits per heavy atom. The van der Waals surface area contributed by atoms with Gasteiger partial charge in [0.1, 0.15) is 10.7 Å². The second-order valence-electron chi connectivity index (χ2n) is 4.59. The molecule has 106 valence electrons. The van der Waals surface area contributed by atoms with Crippen LogP contribution in [0.3, 0.4) is 0 Å². The predicted octanol–water partition coefficient (Wildman–Crippen LogP) is 1.45. The van der Waals surface area contributed by atoms with E-state index in [-0.39, 0.29) is 22.7 Å². The zero-order valence-corrected chi connectivity index (χ0v) is 12.4. The van der Waals surface area contributed by atoms with Gasteiger partial charge < -0.3 is 10.1 Å². The van der Waals surface area contributed by atoms with Crippen molar-refractivity contribution in [3.63, 3.8) is 0 Å². The molecule has 7 heteroatoms. The van der Waals surface area contributed by atoms with Crippen LogP contribution >= 0.6 is 11.6 Å². The van der Waals surface area contributed by atoms with E-state index in [0.717, 1.165) is 0 Å². The number of nitrogens with zero attached hydrogens (tertiary/aromatic N) is 2. The van der Waals surface area contributed by atoms with Crippen LogP contribution in [0.1, 0.15) is 36.8 Å². The molecule has 0 fully saturated rings. The van der Waals surface area contributed by atoms with E-state index in [1.165, 1.54) is 11.6 Å². The Morgan fingerprint density at radius 1 is 1.37 bits per heavy atom. The molecule has 0 bridgehead atoms. The first-order valence-corrected chi connectivity index (χ1v) is 6.32. The maximum atomic E-state index is 12.0. The van der Waals surface area contributed by atoms with Gasteiger partial charge in [-0.05, 0) is 27.7 Å². The monoisotopic (exact) mass is 287 g/mol. The predicted molar refractivity (Wildman–Crippen MR) is 71.1 cm³/mol. The minimum absolute atomic E-state index is 0.0163. The molecule has 0 spiro atoms. The molecule has 0 aliphatic carbocycles. The molecule has 0 aliphatic rings. The van der Waals surface area contributed by atoms with Gasteiger partial charge in [0.2, 0.25) is 0 Å². The average molecular weight is 288 g/mol. The number of esters is 1. The van der Waals surface area contributed by atoms with Crippen LogP contribution in [0.25, 0.3) is 0 Å². The van der Waals surface area contributed by atoms with Gasteiger partial charge in [0.15, 0.2) is 6.10 Å². The smallest absolute Gasteiger partial charge is 0.343 e. The molecule has 19 heavy (non-hydrogen) atoms. The molecule has 1 unspecified atom stereocenters. The zero-order valence-electron chi connectivity index (χ0n) is 11.7. The van der Waals surface area contributed by atoms with Crippen molar-refractivity contribution in [3.05, 3.63) is 16.4 Å². The summed E-state index contributed by atoms with van der Waals surface area (Å²) in [5, 5.41) is 6.87. The van der Waals surface area contributed by atoms with Crippen molar-refractivity contribution in [2.75, 3.05) is 0 Å². The van der Waals surface area contributed by atoms with E-state index in [0.29, 0.717) is 5.69 Å². The minimum Gasteiger partial charge on any atom is -0.449 e. The van der Waals surface area contributed by atoms with Crippen molar-refractivity contribution >= 4 is 23.5 Å². The average Bonchev–Trinajstić information content (AvgIpc) is 2.51. The number of aromatic nitrogens is 2. The Hall–Kier alpha value is -1.56. The highest BCUT2D eigenvalue weighted by Crippen LogP contribution is 2.20. The second kappa shape index (κ2) is 6.06. The van der Waals surface area contributed by atoms with Crippen molar-refractivity contribution in [3.8, 4) is 0 Å². The largest absolute Gasteiger partial charge is 0.449 e. The van der Waals surface area contributed by atoms with Crippen LogP contribution in [0.4, 0.5) is 0 Å². The van der Waals surface area contributed by atoms with Gasteiger partial charge in [-0.3, -0.25) is 9.48 Å². The Morgan fingerprint density at radius 3 is 2.37 bits per heavy atom. The number of ether oxygens (including phenoxy) is 1. The highest BCUT2D eigenvalue weighted by molar-refractivity contribution is 6.32. The van der Waals surface area contributed by atoms with Gasteiger partial charge in [-0.15, -0.1) is 0 Å². The lowest BCUT2D eigenvalue weighted by Crippen LogP contribution is -2.39. The van der Waals surface area contributed by atoms with E-state index in [9.17, 15) is 9.59 Å². The third kappa shape index (κ3) is 3.70. The van der Waals surface area contributed by atoms with Crippen molar-refractivity contribution in [2.24, 2.45) is 7.05 Å². The fourth-order valence-electron chi connectivity index (χ4n) is 1.54. The molecule has 6 nitrogen and oxygen atoms in total. The number of carbonyl (C=O) groups excluding carboxylic acids is 2. The van der Waals surface area contributed by atoms with Gasteiger partial charge in [0.05, 0.1) is 5.69 Å². The van der Waals surface area contributed by atoms with E-state index < -0.39 is 12.1 Å². The summed E-state index contributed by atoms with van der Waals surface area (Å²) >= 11 is 5.96. The topological polar surface area (TPSA) is 73.2 Å². The number of aryl methyl sites for hydroxylation is 2. The lowest BCUT2D eigenvalue weighted by molar-refractivity contribution is -0.129. The van der Waals surface area contributed by atoms with E-state index in [1.807, 2.05) is 13.8 Å². The summed E-state index contributed by atoms with van der Waals surface area (Å²) < 4.78 is 6.47. The van der Waals surface area contributed by atoms with Crippen LogP contribution in [0.15, 0.2) is 0 Å². The zero-order chi connectivity index (χ0) is 14.7. The molecule has 1 aromatic rings. The first-order chi connectivity index (χ1) is 8.73. The molecule has 1 aromatic heterocycles. The summed E-state index contributed by atoms with van der Waals surface area (Å²) in [6.45, 7) is 6.82. The quantitative estimate of drug-likeness (QED) is 0.851. The maximum absolute atomic E-state index is 12.0. The Bertz CT molecular complexity index is 497. The number of halogens is 1. The number of nitrogens with one attached hydrogen (secondary N) is 1.